The number of hydrogen-bond donors (Lipinski definition) is 1. The van der Waals surface area contributed by atoms with Gasteiger partial charge in [0.05, 0.1) is 5.52 Å². The summed E-state index contributed by atoms with van der Waals surface area (Å²) in [5.74, 6) is 0.805. The molecule has 138 valence electrons. The zero-order valence-electron chi connectivity index (χ0n) is 15.4. The Kier molecular flexibility index (Phi) is 6.33. The van der Waals surface area contributed by atoms with E-state index in [0.29, 0.717) is 0 Å². The Bertz CT molecular complexity index is 858. The first-order chi connectivity index (χ1) is 12.6. The van der Waals surface area contributed by atoms with Crippen LogP contribution in [0.5, 0.6) is 5.75 Å². The van der Waals surface area contributed by atoms with Gasteiger partial charge in [-0.25, -0.2) is 0 Å². The van der Waals surface area contributed by atoms with Gasteiger partial charge in [-0.15, -0.1) is 0 Å². The molecule has 0 aliphatic rings. The predicted molar refractivity (Wildman–Crippen MR) is 111 cm³/mol. The van der Waals surface area contributed by atoms with Crippen LogP contribution in [-0.4, -0.2) is 16.0 Å². The van der Waals surface area contributed by atoms with E-state index < -0.39 is 0 Å². The number of aryl methyl sites for hydroxylation is 1. The molecule has 0 aliphatic carbocycles. The van der Waals surface area contributed by atoms with Crippen molar-refractivity contribution in [3.63, 3.8) is 0 Å². The quantitative estimate of drug-likeness (QED) is 0.382. The van der Waals surface area contributed by atoms with Crippen molar-refractivity contribution < 1.29 is 4.74 Å². The van der Waals surface area contributed by atoms with Crippen LogP contribution < -0.4 is 10.5 Å². The molecule has 0 saturated heterocycles. The highest BCUT2D eigenvalue weighted by Gasteiger charge is 2.11. The van der Waals surface area contributed by atoms with Crippen molar-refractivity contribution >= 4 is 26.8 Å². The Morgan fingerprint density at radius 3 is 2.62 bits per heavy atom. The number of rotatable bonds is 8. The molecule has 0 saturated carbocycles. The molecule has 5 heteroatoms. The lowest BCUT2D eigenvalue weighted by atomic mass is 10.1. The molecule has 0 amide bonds. The van der Waals surface area contributed by atoms with E-state index >= 15 is 0 Å². The molecule has 1 heterocycles. The summed E-state index contributed by atoms with van der Waals surface area (Å²) in [5, 5.41) is 5.82. The lowest BCUT2D eigenvalue weighted by Crippen LogP contribution is -2.26. The monoisotopic (exact) mass is 415 g/mol. The average Bonchev–Trinajstić information content (AvgIpc) is 2.96. The fraction of sp³-hybridized carbons (Fsp3) is 0.381. The topological polar surface area (TPSA) is 53.1 Å². The maximum absolute atomic E-state index is 6.09. The van der Waals surface area contributed by atoms with Gasteiger partial charge in [0.15, 0.2) is 0 Å². The summed E-state index contributed by atoms with van der Waals surface area (Å²) >= 11 is 3.52. The molecule has 2 N–H and O–H groups in total. The Morgan fingerprint density at radius 2 is 1.88 bits per heavy atom. The molecule has 3 aromatic rings. The van der Waals surface area contributed by atoms with Crippen LogP contribution in [0.3, 0.4) is 0 Å². The minimum Gasteiger partial charge on any atom is -0.476 e. The summed E-state index contributed by atoms with van der Waals surface area (Å²) < 4.78 is 8.80. The molecule has 1 aromatic heterocycles. The van der Waals surface area contributed by atoms with Crippen LogP contribution in [0.2, 0.25) is 0 Å². The van der Waals surface area contributed by atoms with Crippen LogP contribution in [0.1, 0.15) is 39.0 Å². The van der Waals surface area contributed by atoms with E-state index in [1.54, 1.807) is 0 Å². The SMILES string of the molecule is CCCCCCC(N)Oc1ccc(-c2nn(C)c3cc(Br)ccc23)cc1. The maximum Gasteiger partial charge on any atom is 0.147 e. The lowest BCUT2D eigenvalue weighted by Gasteiger charge is -2.14. The summed E-state index contributed by atoms with van der Waals surface area (Å²) in [6, 6.07) is 14.3. The zero-order chi connectivity index (χ0) is 18.5. The summed E-state index contributed by atoms with van der Waals surface area (Å²) in [6.07, 6.45) is 5.47. The normalized spacial score (nSPS) is 12.5. The summed E-state index contributed by atoms with van der Waals surface area (Å²) in [5.41, 5.74) is 9.24. The van der Waals surface area contributed by atoms with E-state index in [1.165, 1.54) is 19.3 Å². The van der Waals surface area contributed by atoms with Gasteiger partial charge in [0.1, 0.15) is 17.7 Å². The first-order valence-electron chi connectivity index (χ1n) is 9.23. The number of nitrogens with zero attached hydrogens (tertiary/aromatic N) is 2. The number of nitrogens with two attached hydrogens (primary N) is 1. The van der Waals surface area contributed by atoms with Crippen molar-refractivity contribution in [1.29, 1.82) is 0 Å². The smallest absolute Gasteiger partial charge is 0.147 e. The molecule has 26 heavy (non-hydrogen) atoms. The number of halogens is 1. The van der Waals surface area contributed by atoms with Gasteiger partial charge in [0.2, 0.25) is 0 Å². The molecular formula is C21H26BrN3O. The van der Waals surface area contributed by atoms with E-state index in [9.17, 15) is 0 Å². The highest BCUT2D eigenvalue weighted by Crippen LogP contribution is 2.30. The molecule has 0 radical (unpaired) electrons. The molecule has 1 unspecified atom stereocenters. The summed E-state index contributed by atoms with van der Waals surface area (Å²) in [7, 11) is 1.97. The summed E-state index contributed by atoms with van der Waals surface area (Å²) in [4.78, 5) is 0. The van der Waals surface area contributed by atoms with Crippen LogP contribution in [-0.2, 0) is 7.05 Å². The molecule has 4 nitrogen and oxygen atoms in total. The fourth-order valence-corrected chi connectivity index (χ4v) is 3.49. The molecule has 0 fully saturated rings. The van der Waals surface area contributed by atoms with E-state index in [2.05, 4.69) is 40.1 Å². The number of ether oxygens (including phenoxy) is 1. The number of fused-ring (bicyclic) bond motifs is 1. The van der Waals surface area contributed by atoms with Gasteiger partial charge in [-0.1, -0.05) is 42.1 Å². The Labute approximate surface area is 163 Å². The van der Waals surface area contributed by atoms with Gasteiger partial charge in [-0.2, -0.15) is 5.10 Å². The molecule has 3 rings (SSSR count). The maximum atomic E-state index is 6.09. The second kappa shape index (κ2) is 8.69. The largest absolute Gasteiger partial charge is 0.476 e. The first-order valence-corrected chi connectivity index (χ1v) is 10.0. The number of aromatic nitrogens is 2. The number of hydrogen-bond acceptors (Lipinski definition) is 3. The van der Waals surface area contributed by atoms with E-state index in [-0.39, 0.29) is 6.23 Å². The highest BCUT2D eigenvalue weighted by molar-refractivity contribution is 9.10. The number of benzene rings is 2. The van der Waals surface area contributed by atoms with E-state index in [1.807, 2.05) is 42.1 Å². The Balaban J connectivity index is 1.70. The Hall–Kier alpha value is -1.85. The highest BCUT2D eigenvalue weighted by atomic mass is 79.9. The minimum absolute atomic E-state index is 0.245. The summed E-state index contributed by atoms with van der Waals surface area (Å²) in [6.45, 7) is 2.21. The van der Waals surface area contributed by atoms with E-state index in [4.69, 9.17) is 10.5 Å². The van der Waals surface area contributed by atoms with Crippen molar-refractivity contribution in [3.8, 4) is 17.0 Å². The third-order valence-electron chi connectivity index (χ3n) is 4.57. The molecular weight excluding hydrogens is 390 g/mol. The number of unbranched alkanes of at least 4 members (excludes halogenated alkanes) is 3. The van der Waals surface area contributed by atoms with Crippen LogP contribution in [0, 0.1) is 0 Å². The first kappa shape index (κ1) is 18.9. The van der Waals surface area contributed by atoms with Gasteiger partial charge in [-0.3, -0.25) is 10.4 Å². The zero-order valence-corrected chi connectivity index (χ0v) is 17.0. The van der Waals surface area contributed by atoms with Crippen molar-refractivity contribution in [3.05, 3.63) is 46.9 Å². The third-order valence-corrected chi connectivity index (χ3v) is 5.06. The minimum atomic E-state index is -0.245. The Morgan fingerprint density at radius 1 is 1.12 bits per heavy atom. The predicted octanol–water partition coefficient (Wildman–Crippen LogP) is 5.64. The van der Waals surface area contributed by atoms with Crippen LogP contribution >= 0.6 is 15.9 Å². The molecule has 2 aromatic carbocycles. The van der Waals surface area contributed by atoms with Crippen molar-refractivity contribution in [1.82, 2.24) is 9.78 Å². The van der Waals surface area contributed by atoms with Crippen molar-refractivity contribution in [2.24, 2.45) is 12.8 Å². The van der Waals surface area contributed by atoms with Gasteiger partial charge in [0.25, 0.3) is 0 Å². The van der Waals surface area contributed by atoms with Crippen molar-refractivity contribution in [2.45, 2.75) is 45.3 Å². The van der Waals surface area contributed by atoms with Crippen LogP contribution in [0.4, 0.5) is 0 Å². The second-order valence-electron chi connectivity index (χ2n) is 6.66. The standard InChI is InChI=1S/C21H26BrN3O/c1-3-4-5-6-7-20(23)26-17-11-8-15(9-12-17)21-18-13-10-16(22)14-19(18)25(2)24-21/h8-14,20H,3-7,23H2,1-2H3. The molecule has 1 atom stereocenters. The third kappa shape index (κ3) is 4.46. The molecule has 0 aliphatic heterocycles. The second-order valence-corrected chi connectivity index (χ2v) is 7.58. The van der Waals surface area contributed by atoms with Crippen LogP contribution in [0.25, 0.3) is 22.2 Å². The average molecular weight is 416 g/mol. The van der Waals surface area contributed by atoms with Gasteiger partial charge >= 0.3 is 0 Å². The van der Waals surface area contributed by atoms with Gasteiger partial charge in [0, 0.05) is 22.5 Å². The lowest BCUT2D eigenvalue weighted by molar-refractivity contribution is 0.194. The van der Waals surface area contributed by atoms with Crippen molar-refractivity contribution in [2.75, 3.05) is 0 Å². The molecule has 0 spiro atoms. The molecule has 0 bridgehead atoms. The van der Waals surface area contributed by atoms with Gasteiger partial charge < -0.3 is 4.74 Å². The fourth-order valence-electron chi connectivity index (χ4n) is 3.14. The van der Waals surface area contributed by atoms with Gasteiger partial charge in [-0.05, 0) is 55.3 Å². The van der Waals surface area contributed by atoms with E-state index in [0.717, 1.165) is 45.2 Å². The van der Waals surface area contributed by atoms with Crippen LogP contribution in [0.15, 0.2) is 46.9 Å².